The molecule has 1 heterocycles. The van der Waals surface area contributed by atoms with Gasteiger partial charge in [0.15, 0.2) is 6.29 Å². The van der Waals surface area contributed by atoms with Gasteiger partial charge < -0.3 is 14.2 Å². The molecule has 0 aromatic heterocycles. The first-order valence-electron chi connectivity index (χ1n) is 6.70. The third kappa shape index (κ3) is 4.04. The fourth-order valence-corrected chi connectivity index (χ4v) is 2.20. The van der Waals surface area contributed by atoms with E-state index in [1.54, 1.807) is 6.92 Å². The predicted octanol–water partition coefficient (Wildman–Crippen LogP) is 2.83. The molecule has 0 saturated carbocycles. The molecule has 4 heteroatoms. The van der Waals surface area contributed by atoms with Crippen LogP contribution in [0.3, 0.4) is 0 Å². The Labute approximate surface area is 113 Å². The zero-order chi connectivity index (χ0) is 13.7. The number of hydrogen-bond donors (Lipinski definition) is 0. The fourth-order valence-electron chi connectivity index (χ4n) is 2.20. The summed E-state index contributed by atoms with van der Waals surface area (Å²) in [6, 6.07) is 9.77. The Balaban J connectivity index is 1.98. The maximum Gasteiger partial charge on any atom is 0.308 e. The molecule has 0 bridgehead atoms. The van der Waals surface area contributed by atoms with Gasteiger partial charge in [-0.25, -0.2) is 0 Å². The highest BCUT2D eigenvalue weighted by Gasteiger charge is 2.30. The van der Waals surface area contributed by atoms with Crippen molar-refractivity contribution in [3.8, 4) is 0 Å². The molecule has 0 aliphatic carbocycles. The van der Waals surface area contributed by atoms with Crippen molar-refractivity contribution >= 4 is 5.97 Å². The lowest BCUT2D eigenvalue weighted by Crippen LogP contribution is -2.34. The first-order chi connectivity index (χ1) is 9.19. The van der Waals surface area contributed by atoms with Crippen LogP contribution in [-0.4, -0.2) is 24.8 Å². The Hall–Kier alpha value is -1.39. The minimum absolute atomic E-state index is 0.0679. The summed E-state index contributed by atoms with van der Waals surface area (Å²) < 4.78 is 16.6. The Morgan fingerprint density at radius 3 is 2.74 bits per heavy atom. The van der Waals surface area contributed by atoms with Gasteiger partial charge in [-0.2, -0.15) is 0 Å². The molecular formula is C15H20O4. The van der Waals surface area contributed by atoms with Crippen molar-refractivity contribution in [1.29, 1.82) is 0 Å². The monoisotopic (exact) mass is 264 g/mol. The van der Waals surface area contributed by atoms with Gasteiger partial charge in [0.2, 0.25) is 0 Å². The summed E-state index contributed by atoms with van der Waals surface area (Å²) in [5, 5.41) is 0. The zero-order valence-corrected chi connectivity index (χ0v) is 11.4. The SMILES string of the molecule is CCOC(=O)CC1CC(C)OC(c2ccccc2)O1. The van der Waals surface area contributed by atoms with Crippen molar-refractivity contribution in [1.82, 2.24) is 0 Å². The van der Waals surface area contributed by atoms with Gasteiger partial charge in [0.05, 0.1) is 25.2 Å². The second-order valence-electron chi connectivity index (χ2n) is 4.69. The van der Waals surface area contributed by atoms with E-state index in [0.717, 1.165) is 5.56 Å². The number of rotatable bonds is 4. The molecule has 1 fully saturated rings. The third-order valence-electron chi connectivity index (χ3n) is 3.04. The number of esters is 1. The summed E-state index contributed by atoms with van der Waals surface area (Å²) in [5.74, 6) is -0.214. The molecular weight excluding hydrogens is 244 g/mol. The first-order valence-corrected chi connectivity index (χ1v) is 6.70. The Kier molecular flexibility index (Phi) is 4.93. The van der Waals surface area contributed by atoms with E-state index in [-0.39, 0.29) is 24.6 Å². The van der Waals surface area contributed by atoms with Crippen LogP contribution >= 0.6 is 0 Å². The van der Waals surface area contributed by atoms with Crippen molar-refractivity contribution in [3.63, 3.8) is 0 Å². The summed E-state index contributed by atoms with van der Waals surface area (Å²) >= 11 is 0. The molecule has 3 unspecified atom stereocenters. The highest BCUT2D eigenvalue weighted by Crippen LogP contribution is 2.30. The van der Waals surface area contributed by atoms with Gasteiger partial charge in [-0.3, -0.25) is 4.79 Å². The average Bonchev–Trinajstić information content (AvgIpc) is 2.39. The summed E-state index contributed by atoms with van der Waals surface area (Å²) in [6.45, 7) is 4.20. The van der Waals surface area contributed by atoms with Gasteiger partial charge in [0.25, 0.3) is 0 Å². The van der Waals surface area contributed by atoms with Crippen LogP contribution in [0, 0.1) is 0 Å². The van der Waals surface area contributed by atoms with Crippen LogP contribution in [0.25, 0.3) is 0 Å². The quantitative estimate of drug-likeness (QED) is 0.784. The number of ether oxygens (including phenoxy) is 3. The average molecular weight is 264 g/mol. The molecule has 3 atom stereocenters. The van der Waals surface area contributed by atoms with Crippen LogP contribution in [0.5, 0.6) is 0 Å². The standard InChI is InChI=1S/C15H20O4/c1-3-17-14(16)10-13-9-11(2)18-15(19-13)12-7-5-4-6-8-12/h4-8,11,13,15H,3,9-10H2,1-2H3. The minimum Gasteiger partial charge on any atom is -0.466 e. The molecule has 1 aromatic carbocycles. The summed E-state index contributed by atoms with van der Waals surface area (Å²) in [4.78, 5) is 11.5. The van der Waals surface area contributed by atoms with E-state index < -0.39 is 6.29 Å². The molecule has 0 amide bonds. The normalized spacial score (nSPS) is 26.9. The zero-order valence-electron chi connectivity index (χ0n) is 11.4. The highest BCUT2D eigenvalue weighted by atomic mass is 16.7. The Morgan fingerprint density at radius 1 is 1.32 bits per heavy atom. The van der Waals surface area contributed by atoms with Crippen LogP contribution < -0.4 is 0 Å². The van der Waals surface area contributed by atoms with Gasteiger partial charge in [-0.15, -0.1) is 0 Å². The fraction of sp³-hybridized carbons (Fsp3) is 0.533. The van der Waals surface area contributed by atoms with E-state index in [1.807, 2.05) is 37.3 Å². The molecule has 0 radical (unpaired) electrons. The van der Waals surface area contributed by atoms with Crippen LogP contribution in [0.1, 0.15) is 38.5 Å². The van der Waals surface area contributed by atoms with E-state index in [9.17, 15) is 4.79 Å². The van der Waals surface area contributed by atoms with E-state index in [4.69, 9.17) is 14.2 Å². The molecule has 1 aliphatic heterocycles. The lowest BCUT2D eigenvalue weighted by atomic mass is 10.1. The van der Waals surface area contributed by atoms with E-state index >= 15 is 0 Å². The molecule has 1 aliphatic rings. The van der Waals surface area contributed by atoms with Gasteiger partial charge >= 0.3 is 5.97 Å². The molecule has 1 saturated heterocycles. The Bertz CT molecular complexity index is 404. The van der Waals surface area contributed by atoms with E-state index in [2.05, 4.69) is 0 Å². The second kappa shape index (κ2) is 6.68. The molecule has 19 heavy (non-hydrogen) atoms. The molecule has 0 N–H and O–H groups in total. The predicted molar refractivity (Wildman–Crippen MR) is 70.5 cm³/mol. The summed E-state index contributed by atoms with van der Waals surface area (Å²) in [7, 11) is 0. The van der Waals surface area contributed by atoms with Gasteiger partial charge in [0.1, 0.15) is 0 Å². The van der Waals surface area contributed by atoms with Gasteiger partial charge in [0, 0.05) is 12.0 Å². The van der Waals surface area contributed by atoms with Crippen molar-refractivity contribution in [2.75, 3.05) is 6.61 Å². The van der Waals surface area contributed by atoms with Crippen molar-refractivity contribution < 1.29 is 19.0 Å². The Morgan fingerprint density at radius 2 is 2.05 bits per heavy atom. The van der Waals surface area contributed by atoms with Crippen molar-refractivity contribution in [2.24, 2.45) is 0 Å². The first kappa shape index (κ1) is 14.0. The lowest BCUT2D eigenvalue weighted by molar-refractivity contribution is -0.245. The molecule has 4 nitrogen and oxygen atoms in total. The third-order valence-corrected chi connectivity index (χ3v) is 3.04. The smallest absolute Gasteiger partial charge is 0.308 e. The molecule has 2 rings (SSSR count). The lowest BCUT2D eigenvalue weighted by Gasteiger charge is -2.34. The van der Waals surface area contributed by atoms with Crippen LogP contribution in [0.4, 0.5) is 0 Å². The number of carbonyl (C=O) groups is 1. The summed E-state index contributed by atoms with van der Waals surface area (Å²) in [6.07, 6.45) is 0.517. The molecule has 0 spiro atoms. The summed E-state index contributed by atoms with van der Waals surface area (Å²) in [5.41, 5.74) is 0.975. The van der Waals surface area contributed by atoms with E-state index in [0.29, 0.717) is 13.0 Å². The maximum atomic E-state index is 11.5. The number of carbonyl (C=O) groups excluding carboxylic acids is 1. The van der Waals surface area contributed by atoms with E-state index in [1.165, 1.54) is 0 Å². The van der Waals surface area contributed by atoms with Crippen LogP contribution in [0.2, 0.25) is 0 Å². The van der Waals surface area contributed by atoms with Crippen molar-refractivity contribution in [3.05, 3.63) is 35.9 Å². The maximum absolute atomic E-state index is 11.5. The number of benzene rings is 1. The van der Waals surface area contributed by atoms with Crippen LogP contribution in [0.15, 0.2) is 30.3 Å². The topological polar surface area (TPSA) is 44.8 Å². The minimum atomic E-state index is -0.399. The molecule has 104 valence electrons. The van der Waals surface area contributed by atoms with Gasteiger partial charge in [-0.05, 0) is 13.8 Å². The highest BCUT2D eigenvalue weighted by molar-refractivity contribution is 5.69. The number of hydrogen-bond acceptors (Lipinski definition) is 4. The van der Waals surface area contributed by atoms with Crippen LogP contribution in [-0.2, 0) is 19.0 Å². The van der Waals surface area contributed by atoms with Gasteiger partial charge in [-0.1, -0.05) is 30.3 Å². The van der Waals surface area contributed by atoms with Crippen molar-refractivity contribution in [2.45, 2.75) is 45.2 Å². The molecule has 1 aromatic rings. The second-order valence-corrected chi connectivity index (χ2v) is 4.69. The largest absolute Gasteiger partial charge is 0.466 e.